The summed E-state index contributed by atoms with van der Waals surface area (Å²) in [4.78, 5) is 0. The van der Waals surface area contributed by atoms with E-state index in [0.717, 1.165) is 5.92 Å². The van der Waals surface area contributed by atoms with Crippen LogP contribution in [-0.2, 0) is 6.42 Å². The van der Waals surface area contributed by atoms with Crippen LogP contribution in [0.2, 0.25) is 0 Å². The first kappa shape index (κ1) is 8.96. The van der Waals surface area contributed by atoms with Crippen molar-refractivity contribution in [2.75, 3.05) is 0 Å². The van der Waals surface area contributed by atoms with Gasteiger partial charge in [-0.2, -0.15) is 0 Å². The predicted molar refractivity (Wildman–Crippen MR) is 64.7 cm³/mol. The molecule has 1 aromatic carbocycles. The van der Waals surface area contributed by atoms with Crippen LogP contribution < -0.4 is 0 Å². The molecular weight excluding hydrogens is 180 g/mol. The zero-order valence-corrected chi connectivity index (χ0v) is 9.38. The van der Waals surface area contributed by atoms with Gasteiger partial charge in [0, 0.05) is 0 Å². The highest BCUT2D eigenvalue weighted by atomic mass is 14.3. The van der Waals surface area contributed by atoms with Crippen molar-refractivity contribution < 1.29 is 0 Å². The van der Waals surface area contributed by atoms with Gasteiger partial charge in [0.1, 0.15) is 0 Å². The summed E-state index contributed by atoms with van der Waals surface area (Å²) in [6.07, 6.45) is 7.03. The molecule has 0 saturated carbocycles. The molecule has 0 saturated heterocycles. The molecule has 1 atom stereocenters. The standard InChI is InChI=1S/C15H16/c1-10-3-4-13-8-11(2)7-12-5-6-14(12)15(13)9-10/h3-6,9,11H,7-8H2,1-2H3. The summed E-state index contributed by atoms with van der Waals surface area (Å²) >= 11 is 0. The molecule has 0 spiro atoms. The molecule has 1 aromatic rings. The highest BCUT2D eigenvalue weighted by Gasteiger charge is 2.22. The average Bonchev–Trinajstić information content (AvgIpc) is 2.24. The SMILES string of the molecule is Cc1ccc2c(c1)C1=C(C=C1)CC(C)C2. The van der Waals surface area contributed by atoms with Gasteiger partial charge in [0.05, 0.1) is 0 Å². The van der Waals surface area contributed by atoms with Gasteiger partial charge in [0.25, 0.3) is 0 Å². The van der Waals surface area contributed by atoms with Crippen molar-refractivity contribution in [3.05, 3.63) is 52.6 Å². The van der Waals surface area contributed by atoms with Crippen LogP contribution in [0.25, 0.3) is 5.57 Å². The first-order valence-electron chi connectivity index (χ1n) is 5.75. The second kappa shape index (κ2) is 3.10. The van der Waals surface area contributed by atoms with Gasteiger partial charge in [0.2, 0.25) is 0 Å². The van der Waals surface area contributed by atoms with Crippen molar-refractivity contribution in [3.63, 3.8) is 0 Å². The smallest absolute Gasteiger partial charge is 0.0146 e. The van der Waals surface area contributed by atoms with E-state index in [2.05, 4.69) is 44.2 Å². The third-order valence-corrected chi connectivity index (χ3v) is 3.49. The van der Waals surface area contributed by atoms with Crippen LogP contribution in [0, 0.1) is 12.8 Å². The molecule has 1 unspecified atom stereocenters. The van der Waals surface area contributed by atoms with Gasteiger partial charge in [0.15, 0.2) is 0 Å². The maximum Gasteiger partial charge on any atom is -0.0146 e. The van der Waals surface area contributed by atoms with Gasteiger partial charge in [-0.15, -0.1) is 0 Å². The van der Waals surface area contributed by atoms with E-state index in [-0.39, 0.29) is 0 Å². The van der Waals surface area contributed by atoms with Crippen molar-refractivity contribution in [1.29, 1.82) is 0 Å². The van der Waals surface area contributed by atoms with Gasteiger partial charge in [-0.3, -0.25) is 0 Å². The highest BCUT2D eigenvalue weighted by molar-refractivity contribution is 5.87. The summed E-state index contributed by atoms with van der Waals surface area (Å²) in [5, 5.41) is 0. The molecule has 3 rings (SSSR count). The van der Waals surface area contributed by atoms with Gasteiger partial charge in [-0.25, -0.2) is 0 Å². The second-order valence-corrected chi connectivity index (χ2v) is 4.95. The molecule has 0 nitrogen and oxygen atoms in total. The maximum absolute atomic E-state index is 2.35. The molecule has 0 fully saturated rings. The van der Waals surface area contributed by atoms with E-state index in [4.69, 9.17) is 0 Å². The van der Waals surface area contributed by atoms with Gasteiger partial charge >= 0.3 is 0 Å². The molecule has 2 aliphatic rings. The third kappa shape index (κ3) is 1.36. The van der Waals surface area contributed by atoms with Crippen LogP contribution in [-0.4, -0.2) is 0 Å². The molecule has 76 valence electrons. The van der Waals surface area contributed by atoms with Crippen LogP contribution >= 0.6 is 0 Å². The summed E-state index contributed by atoms with van der Waals surface area (Å²) in [7, 11) is 0. The minimum absolute atomic E-state index is 0.781. The molecule has 0 amide bonds. The quantitative estimate of drug-likeness (QED) is 0.590. The molecule has 0 radical (unpaired) electrons. The van der Waals surface area contributed by atoms with Crippen molar-refractivity contribution in [3.8, 4) is 0 Å². The van der Waals surface area contributed by atoms with Gasteiger partial charge in [-0.1, -0.05) is 42.8 Å². The molecule has 15 heavy (non-hydrogen) atoms. The monoisotopic (exact) mass is 196 g/mol. The second-order valence-electron chi connectivity index (χ2n) is 4.95. The average molecular weight is 196 g/mol. The van der Waals surface area contributed by atoms with Crippen LogP contribution in [0.4, 0.5) is 0 Å². The zero-order chi connectivity index (χ0) is 10.4. The molecule has 0 N–H and O–H groups in total. The summed E-state index contributed by atoms with van der Waals surface area (Å²) in [5.41, 5.74) is 7.44. The van der Waals surface area contributed by atoms with Gasteiger partial charge < -0.3 is 0 Å². The number of allylic oxidation sites excluding steroid dienone is 4. The van der Waals surface area contributed by atoms with Crippen molar-refractivity contribution in [1.82, 2.24) is 0 Å². The molecule has 0 aliphatic heterocycles. The Balaban J connectivity index is 2.17. The van der Waals surface area contributed by atoms with E-state index < -0.39 is 0 Å². The summed E-state index contributed by atoms with van der Waals surface area (Å²) < 4.78 is 0. The first-order chi connectivity index (χ1) is 7.24. The molecule has 2 aliphatic carbocycles. The Labute approximate surface area is 91.3 Å². The molecule has 0 heterocycles. The van der Waals surface area contributed by atoms with E-state index in [1.807, 2.05) is 0 Å². The Kier molecular flexibility index (Phi) is 1.85. The van der Waals surface area contributed by atoms with Crippen LogP contribution in [0.5, 0.6) is 0 Å². The van der Waals surface area contributed by atoms with Crippen molar-refractivity contribution in [2.24, 2.45) is 5.92 Å². The lowest BCUT2D eigenvalue weighted by Crippen LogP contribution is -1.99. The van der Waals surface area contributed by atoms with E-state index >= 15 is 0 Å². The number of benzene rings is 1. The Hall–Kier alpha value is -1.30. The van der Waals surface area contributed by atoms with E-state index in [1.54, 1.807) is 5.57 Å². The number of fused-ring (bicyclic) bond motifs is 2. The van der Waals surface area contributed by atoms with Crippen molar-refractivity contribution in [2.45, 2.75) is 26.7 Å². The fraction of sp³-hybridized carbons (Fsp3) is 0.333. The maximum atomic E-state index is 2.35. The summed E-state index contributed by atoms with van der Waals surface area (Å²) in [6, 6.07) is 6.88. The van der Waals surface area contributed by atoms with E-state index in [1.165, 1.54) is 35.1 Å². The minimum atomic E-state index is 0.781. The third-order valence-electron chi connectivity index (χ3n) is 3.49. The summed E-state index contributed by atoms with van der Waals surface area (Å²) in [6.45, 7) is 4.53. The predicted octanol–water partition coefficient (Wildman–Crippen LogP) is 3.90. The lowest BCUT2D eigenvalue weighted by molar-refractivity contribution is 0.584. The summed E-state index contributed by atoms with van der Waals surface area (Å²) in [5.74, 6) is 0.781. The topological polar surface area (TPSA) is 0 Å². The Morgan fingerprint density at radius 1 is 1.13 bits per heavy atom. The van der Waals surface area contributed by atoms with Gasteiger partial charge in [-0.05, 0) is 48.0 Å². The van der Waals surface area contributed by atoms with E-state index in [9.17, 15) is 0 Å². The minimum Gasteiger partial charge on any atom is -0.0619 e. The van der Waals surface area contributed by atoms with Crippen LogP contribution in [0.15, 0.2) is 35.9 Å². The normalized spacial score (nSPS) is 22.9. The van der Waals surface area contributed by atoms with Crippen molar-refractivity contribution >= 4 is 5.57 Å². The Bertz CT molecular complexity index is 475. The fourth-order valence-corrected chi connectivity index (χ4v) is 2.67. The lowest BCUT2D eigenvalue weighted by Gasteiger charge is -2.16. The number of hydrogen-bond acceptors (Lipinski definition) is 0. The fourth-order valence-electron chi connectivity index (χ4n) is 2.67. The number of rotatable bonds is 0. The largest absolute Gasteiger partial charge is 0.0619 e. The first-order valence-corrected chi connectivity index (χ1v) is 5.75. The van der Waals surface area contributed by atoms with Crippen LogP contribution in [0.3, 0.4) is 0 Å². The number of hydrogen-bond donors (Lipinski definition) is 0. The molecule has 0 heteroatoms. The lowest BCUT2D eigenvalue weighted by atomic mass is 9.88. The molecule has 0 aromatic heterocycles. The highest BCUT2D eigenvalue weighted by Crippen LogP contribution is 2.39. The number of aryl methyl sites for hydroxylation is 1. The zero-order valence-electron chi connectivity index (χ0n) is 9.38. The Morgan fingerprint density at radius 2 is 2.00 bits per heavy atom. The van der Waals surface area contributed by atoms with E-state index in [0.29, 0.717) is 0 Å². The van der Waals surface area contributed by atoms with Crippen LogP contribution in [0.1, 0.15) is 30.0 Å². The molecule has 0 bridgehead atoms. The Morgan fingerprint density at radius 3 is 2.73 bits per heavy atom. The molecular formula is C15H16.